The highest BCUT2D eigenvalue weighted by Crippen LogP contribution is 2.27. The predicted octanol–water partition coefficient (Wildman–Crippen LogP) is 4.19. The van der Waals surface area contributed by atoms with Crippen molar-refractivity contribution in [2.45, 2.75) is 45.1 Å². The Morgan fingerprint density at radius 3 is 2.72 bits per heavy atom. The molecule has 18 heavy (non-hydrogen) atoms. The minimum atomic E-state index is -0.296. The van der Waals surface area contributed by atoms with Gasteiger partial charge in [-0.1, -0.05) is 37.8 Å². The predicted molar refractivity (Wildman–Crippen MR) is 76.6 cm³/mol. The number of nitrogens with one attached hydrogen (secondary N) is 1. The molecule has 0 spiro atoms. The van der Waals surface area contributed by atoms with Crippen LogP contribution < -0.4 is 11.1 Å². The summed E-state index contributed by atoms with van der Waals surface area (Å²) in [7, 11) is 0. The van der Waals surface area contributed by atoms with Crippen molar-refractivity contribution >= 4 is 17.3 Å². The Morgan fingerprint density at radius 2 is 2.11 bits per heavy atom. The van der Waals surface area contributed by atoms with Crippen molar-refractivity contribution in [2.75, 3.05) is 11.9 Å². The number of hydrogen-bond acceptors (Lipinski definition) is 2. The molecule has 1 unspecified atom stereocenters. The lowest BCUT2D eigenvalue weighted by molar-refractivity contribution is 0.454. The lowest BCUT2D eigenvalue weighted by atomic mass is 9.94. The van der Waals surface area contributed by atoms with E-state index < -0.39 is 0 Å². The Bertz CT molecular complexity index is 384. The van der Waals surface area contributed by atoms with E-state index in [1.54, 1.807) is 6.07 Å². The molecule has 4 heteroatoms. The van der Waals surface area contributed by atoms with Gasteiger partial charge in [0.25, 0.3) is 0 Å². The lowest BCUT2D eigenvalue weighted by Crippen LogP contribution is -2.42. The van der Waals surface area contributed by atoms with E-state index in [1.807, 2.05) is 6.92 Å². The van der Waals surface area contributed by atoms with Crippen molar-refractivity contribution in [3.05, 3.63) is 29.0 Å². The summed E-state index contributed by atoms with van der Waals surface area (Å²) in [5.74, 6) is -0.296. The third-order valence-corrected chi connectivity index (χ3v) is 3.48. The number of rotatable bonds is 7. The number of unbranched alkanes of at least 4 members (excludes halogenated alkanes) is 2. The summed E-state index contributed by atoms with van der Waals surface area (Å²) in [6.45, 7) is 4.70. The summed E-state index contributed by atoms with van der Waals surface area (Å²) in [5.41, 5.74) is 6.19. The first-order valence-electron chi connectivity index (χ1n) is 6.44. The fourth-order valence-electron chi connectivity index (χ4n) is 1.90. The SMILES string of the molecule is CCCCCC(C)(CN)Nc1cc(F)ccc1Cl. The van der Waals surface area contributed by atoms with Gasteiger partial charge in [0.05, 0.1) is 10.7 Å². The quantitative estimate of drug-likeness (QED) is 0.731. The fraction of sp³-hybridized carbons (Fsp3) is 0.571. The lowest BCUT2D eigenvalue weighted by Gasteiger charge is -2.31. The molecule has 0 heterocycles. The van der Waals surface area contributed by atoms with Gasteiger partial charge in [-0.05, 0) is 31.5 Å². The van der Waals surface area contributed by atoms with Crippen LogP contribution in [0.1, 0.15) is 39.5 Å². The van der Waals surface area contributed by atoms with Crippen LogP contribution in [0.25, 0.3) is 0 Å². The maximum absolute atomic E-state index is 13.2. The molecule has 0 amide bonds. The molecule has 1 rings (SSSR count). The maximum atomic E-state index is 13.2. The molecular weight excluding hydrogens is 251 g/mol. The van der Waals surface area contributed by atoms with E-state index in [0.717, 1.165) is 12.8 Å². The molecule has 0 aromatic heterocycles. The second-order valence-corrected chi connectivity index (χ2v) is 5.38. The third-order valence-electron chi connectivity index (χ3n) is 3.15. The summed E-state index contributed by atoms with van der Waals surface area (Å²) in [5, 5.41) is 3.80. The highest BCUT2D eigenvalue weighted by Gasteiger charge is 2.22. The largest absolute Gasteiger partial charge is 0.377 e. The Labute approximate surface area is 114 Å². The first-order valence-corrected chi connectivity index (χ1v) is 6.82. The molecule has 0 fully saturated rings. The first-order chi connectivity index (χ1) is 8.50. The summed E-state index contributed by atoms with van der Waals surface area (Å²) >= 11 is 6.05. The molecule has 1 aromatic carbocycles. The molecule has 0 aliphatic carbocycles. The monoisotopic (exact) mass is 272 g/mol. The molecule has 0 bridgehead atoms. The zero-order valence-electron chi connectivity index (χ0n) is 11.1. The summed E-state index contributed by atoms with van der Waals surface area (Å²) in [6, 6.07) is 4.32. The number of nitrogens with two attached hydrogens (primary N) is 1. The van der Waals surface area contributed by atoms with Gasteiger partial charge in [0.2, 0.25) is 0 Å². The van der Waals surface area contributed by atoms with Crippen LogP contribution in [0.15, 0.2) is 18.2 Å². The molecule has 1 atom stereocenters. The van der Waals surface area contributed by atoms with Crippen LogP contribution in [0.2, 0.25) is 5.02 Å². The van der Waals surface area contributed by atoms with E-state index in [1.165, 1.54) is 25.0 Å². The van der Waals surface area contributed by atoms with E-state index in [2.05, 4.69) is 12.2 Å². The molecule has 102 valence electrons. The van der Waals surface area contributed by atoms with Crippen molar-refractivity contribution in [3.8, 4) is 0 Å². The van der Waals surface area contributed by atoms with Crippen LogP contribution in [0.3, 0.4) is 0 Å². The normalized spacial score (nSPS) is 14.3. The second-order valence-electron chi connectivity index (χ2n) is 4.97. The number of benzene rings is 1. The average molecular weight is 273 g/mol. The Hall–Kier alpha value is -0.800. The van der Waals surface area contributed by atoms with Gasteiger partial charge in [0.1, 0.15) is 5.82 Å². The molecule has 0 aliphatic heterocycles. The number of anilines is 1. The molecule has 2 nitrogen and oxygen atoms in total. The zero-order valence-corrected chi connectivity index (χ0v) is 11.9. The summed E-state index contributed by atoms with van der Waals surface area (Å²) < 4.78 is 13.2. The van der Waals surface area contributed by atoms with Gasteiger partial charge in [-0.15, -0.1) is 0 Å². The molecule has 0 aliphatic rings. The minimum absolute atomic E-state index is 0.243. The minimum Gasteiger partial charge on any atom is -0.377 e. The fourth-order valence-corrected chi connectivity index (χ4v) is 2.06. The van der Waals surface area contributed by atoms with Crippen molar-refractivity contribution in [3.63, 3.8) is 0 Å². The zero-order chi connectivity index (χ0) is 13.6. The first kappa shape index (κ1) is 15.3. The average Bonchev–Trinajstić information content (AvgIpc) is 2.34. The number of halogens is 2. The smallest absolute Gasteiger partial charge is 0.125 e. The van der Waals surface area contributed by atoms with E-state index in [-0.39, 0.29) is 11.4 Å². The van der Waals surface area contributed by atoms with Gasteiger partial charge in [-0.25, -0.2) is 4.39 Å². The van der Waals surface area contributed by atoms with Gasteiger partial charge in [-0.2, -0.15) is 0 Å². The standard InChI is InChI=1S/C14H22ClFN2/c1-3-4-5-8-14(2,10-17)18-13-9-11(16)6-7-12(13)15/h6-7,9,18H,3-5,8,10,17H2,1-2H3. The highest BCUT2D eigenvalue weighted by molar-refractivity contribution is 6.33. The molecule has 0 saturated carbocycles. The molecular formula is C14H22ClFN2. The van der Waals surface area contributed by atoms with E-state index >= 15 is 0 Å². The topological polar surface area (TPSA) is 38.0 Å². The van der Waals surface area contributed by atoms with Crippen LogP contribution in [0.4, 0.5) is 10.1 Å². The van der Waals surface area contributed by atoms with Crippen molar-refractivity contribution in [1.29, 1.82) is 0 Å². The van der Waals surface area contributed by atoms with E-state index in [0.29, 0.717) is 17.3 Å². The van der Waals surface area contributed by atoms with Crippen LogP contribution in [0.5, 0.6) is 0 Å². The Morgan fingerprint density at radius 1 is 1.39 bits per heavy atom. The second kappa shape index (κ2) is 6.95. The van der Waals surface area contributed by atoms with E-state index in [9.17, 15) is 4.39 Å². The van der Waals surface area contributed by atoms with Crippen molar-refractivity contribution < 1.29 is 4.39 Å². The molecule has 3 N–H and O–H groups in total. The Balaban J connectivity index is 2.74. The molecule has 1 aromatic rings. The highest BCUT2D eigenvalue weighted by atomic mass is 35.5. The summed E-state index contributed by atoms with van der Waals surface area (Å²) in [6.07, 6.45) is 4.39. The van der Waals surface area contributed by atoms with E-state index in [4.69, 9.17) is 17.3 Å². The Kier molecular flexibility index (Phi) is 5.89. The summed E-state index contributed by atoms with van der Waals surface area (Å²) in [4.78, 5) is 0. The maximum Gasteiger partial charge on any atom is 0.125 e. The molecule has 0 radical (unpaired) electrons. The van der Waals surface area contributed by atoms with Gasteiger partial charge in [0, 0.05) is 12.1 Å². The van der Waals surface area contributed by atoms with Crippen LogP contribution in [0, 0.1) is 5.82 Å². The van der Waals surface area contributed by atoms with Crippen LogP contribution in [-0.2, 0) is 0 Å². The van der Waals surface area contributed by atoms with Crippen molar-refractivity contribution in [1.82, 2.24) is 0 Å². The van der Waals surface area contributed by atoms with Gasteiger partial charge < -0.3 is 11.1 Å². The molecule has 0 saturated heterocycles. The van der Waals surface area contributed by atoms with Crippen LogP contribution >= 0.6 is 11.6 Å². The van der Waals surface area contributed by atoms with Gasteiger partial charge in [-0.3, -0.25) is 0 Å². The van der Waals surface area contributed by atoms with Gasteiger partial charge >= 0.3 is 0 Å². The number of hydrogen-bond donors (Lipinski definition) is 2. The van der Waals surface area contributed by atoms with Crippen molar-refractivity contribution in [2.24, 2.45) is 5.73 Å². The van der Waals surface area contributed by atoms with Crippen LogP contribution in [-0.4, -0.2) is 12.1 Å². The third kappa shape index (κ3) is 4.46. The van der Waals surface area contributed by atoms with Gasteiger partial charge in [0.15, 0.2) is 0 Å².